The molecule has 2 nitrogen and oxygen atoms in total. The van der Waals surface area contributed by atoms with Gasteiger partial charge in [-0.1, -0.05) is 45.4 Å². The molecule has 0 aliphatic carbocycles. The fourth-order valence-electron chi connectivity index (χ4n) is 1.30. The SMILES string of the molecule is CC.CC.Cc1ccc2cc[nH]c(=O)c2c1. The third-order valence-electron chi connectivity index (χ3n) is 1.93. The van der Waals surface area contributed by atoms with Gasteiger partial charge in [-0.3, -0.25) is 4.79 Å². The second-order valence-electron chi connectivity index (χ2n) is 2.90. The van der Waals surface area contributed by atoms with Crippen LogP contribution in [0.5, 0.6) is 0 Å². The maximum Gasteiger partial charge on any atom is 0.255 e. The van der Waals surface area contributed by atoms with Crippen molar-refractivity contribution in [2.45, 2.75) is 34.6 Å². The van der Waals surface area contributed by atoms with Gasteiger partial charge in [0.2, 0.25) is 0 Å². The Morgan fingerprint density at radius 2 is 1.62 bits per heavy atom. The van der Waals surface area contributed by atoms with Crippen LogP contribution in [0.2, 0.25) is 0 Å². The van der Waals surface area contributed by atoms with Gasteiger partial charge in [-0.25, -0.2) is 0 Å². The summed E-state index contributed by atoms with van der Waals surface area (Å²) in [7, 11) is 0. The molecular weight excluding hydrogens is 198 g/mol. The number of benzene rings is 1. The molecule has 0 amide bonds. The second kappa shape index (κ2) is 7.69. The van der Waals surface area contributed by atoms with Crippen molar-refractivity contribution in [3.05, 3.63) is 46.4 Å². The van der Waals surface area contributed by atoms with Gasteiger partial charge in [-0.2, -0.15) is 0 Å². The molecule has 0 aliphatic rings. The quantitative estimate of drug-likeness (QED) is 0.716. The number of fused-ring (bicyclic) bond motifs is 1. The van der Waals surface area contributed by atoms with Crippen LogP contribution in [0.25, 0.3) is 10.8 Å². The summed E-state index contributed by atoms with van der Waals surface area (Å²) in [6, 6.07) is 7.76. The van der Waals surface area contributed by atoms with E-state index in [1.807, 2.05) is 58.9 Å². The number of pyridine rings is 1. The van der Waals surface area contributed by atoms with Crippen molar-refractivity contribution in [1.82, 2.24) is 4.98 Å². The number of aryl methyl sites for hydroxylation is 1. The Balaban J connectivity index is 0.000000509. The van der Waals surface area contributed by atoms with Gasteiger partial charge in [0, 0.05) is 11.6 Å². The predicted molar refractivity (Wildman–Crippen MR) is 72.0 cm³/mol. The lowest BCUT2D eigenvalue weighted by atomic mass is 10.1. The van der Waals surface area contributed by atoms with Crippen LogP contribution in [0.1, 0.15) is 33.3 Å². The summed E-state index contributed by atoms with van der Waals surface area (Å²) in [5.41, 5.74) is 1.09. The van der Waals surface area contributed by atoms with Gasteiger partial charge in [-0.05, 0) is 24.4 Å². The smallest absolute Gasteiger partial charge is 0.255 e. The molecule has 0 radical (unpaired) electrons. The van der Waals surface area contributed by atoms with Gasteiger partial charge in [0.25, 0.3) is 5.56 Å². The minimum atomic E-state index is -0.0174. The molecule has 1 heterocycles. The van der Waals surface area contributed by atoms with E-state index in [0.29, 0.717) is 0 Å². The number of nitrogens with one attached hydrogen (secondary N) is 1. The van der Waals surface area contributed by atoms with E-state index in [-0.39, 0.29) is 5.56 Å². The monoisotopic (exact) mass is 219 g/mol. The molecule has 2 rings (SSSR count). The Kier molecular flexibility index (Phi) is 6.93. The first-order chi connectivity index (χ1) is 7.77. The highest BCUT2D eigenvalue weighted by Gasteiger charge is 1.95. The molecule has 1 N–H and O–H groups in total. The van der Waals surface area contributed by atoms with Crippen LogP contribution in [0.15, 0.2) is 35.3 Å². The van der Waals surface area contributed by atoms with Gasteiger partial charge in [0.05, 0.1) is 0 Å². The van der Waals surface area contributed by atoms with Crippen LogP contribution in [0, 0.1) is 6.92 Å². The van der Waals surface area contributed by atoms with E-state index in [9.17, 15) is 4.79 Å². The van der Waals surface area contributed by atoms with E-state index in [1.165, 1.54) is 0 Å². The number of rotatable bonds is 0. The molecule has 1 aromatic heterocycles. The van der Waals surface area contributed by atoms with Crippen LogP contribution in [0.4, 0.5) is 0 Å². The molecule has 0 aliphatic heterocycles. The average Bonchev–Trinajstić information content (AvgIpc) is 2.35. The molecule has 0 fully saturated rings. The minimum absolute atomic E-state index is 0.0174. The summed E-state index contributed by atoms with van der Waals surface area (Å²) < 4.78 is 0. The molecule has 0 saturated carbocycles. The van der Waals surface area contributed by atoms with Crippen LogP contribution in [-0.4, -0.2) is 4.98 Å². The van der Waals surface area contributed by atoms with Crippen LogP contribution in [-0.2, 0) is 0 Å². The highest BCUT2D eigenvalue weighted by atomic mass is 16.1. The van der Waals surface area contributed by atoms with Crippen molar-refractivity contribution in [2.75, 3.05) is 0 Å². The molecule has 16 heavy (non-hydrogen) atoms. The Hall–Kier alpha value is -1.57. The number of aromatic amines is 1. The van der Waals surface area contributed by atoms with Gasteiger partial charge < -0.3 is 4.98 Å². The first-order valence-electron chi connectivity index (χ1n) is 5.85. The Labute approximate surface area is 97.3 Å². The zero-order valence-electron chi connectivity index (χ0n) is 10.8. The van der Waals surface area contributed by atoms with E-state index < -0.39 is 0 Å². The van der Waals surface area contributed by atoms with Gasteiger partial charge in [-0.15, -0.1) is 0 Å². The van der Waals surface area contributed by atoms with Crippen LogP contribution in [0.3, 0.4) is 0 Å². The normalized spacial score (nSPS) is 8.56. The Morgan fingerprint density at radius 1 is 1.00 bits per heavy atom. The van der Waals surface area contributed by atoms with Gasteiger partial charge in [0.1, 0.15) is 0 Å². The largest absolute Gasteiger partial charge is 0.329 e. The van der Waals surface area contributed by atoms with E-state index in [0.717, 1.165) is 16.3 Å². The summed E-state index contributed by atoms with van der Waals surface area (Å²) in [6.07, 6.45) is 1.67. The number of hydrogen-bond donors (Lipinski definition) is 1. The fourth-order valence-corrected chi connectivity index (χ4v) is 1.30. The topological polar surface area (TPSA) is 32.9 Å². The molecule has 1 aromatic carbocycles. The van der Waals surface area contributed by atoms with E-state index in [4.69, 9.17) is 0 Å². The number of hydrogen-bond acceptors (Lipinski definition) is 1. The summed E-state index contributed by atoms with van der Waals surface area (Å²) in [6.45, 7) is 9.98. The Morgan fingerprint density at radius 3 is 2.25 bits per heavy atom. The van der Waals surface area contributed by atoms with E-state index in [2.05, 4.69) is 4.98 Å². The lowest BCUT2D eigenvalue weighted by molar-refractivity contribution is 1.27. The third-order valence-corrected chi connectivity index (χ3v) is 1.93. The molecule has 0 bridgehead atoms. The standard InChI is InChI=1S/C10H9NO.2C2H6/c1-7-2-3-8-4-5-11-10(12)9(8)6-7;2*1-2/h2-6H,1H3,(H,11,12);2*1-2H3. The summed E-state index contributed by atoms with van der Waals surface area (Å²) in [5.74, 6) is 0. The van der Waals surface area contributed by atoms with Crippen LogP contribution < -0.4 is 5.56 Å². The van der Waals surface area contributed by atoms with Crippen molar-refractivity contribution < 1.29 is 0 Å². The Bertz CT molecular complexity index is 471. The minimum Gasteiger partial charge on any atom is -0.329 e. The first-order valence-corrected chi connectivity index (χ1v) is 5.85. The highest BCUT2D eigenvalue weighted by Crippen LogP contribution is 2.09. The zero-order chi connectivity index (χ0) is 12.6. The van der Waals surface area contributed by atoms with Crippen LogP contribution >= 0.6 is 0 Å². The second-order valence-corrected chi connectivity index (χ2v) is 2.90. The molecule has 0 spiro atoms. The summed E-state index contributed by atoms with van der Waals surface area (Å²) in [5, 5.41) is 1.75. The zero-order valence-corrected chi connectivity index (χ0v) is 10.8. The molecule has 88 valence electrons. The van der Waals surface area contributed by atoms with Crippen molar-refractivity contribution in [3.8, 4) is 0 Å². The molecule has 0 unspecified atom stereocenters. The summed E-state index contributed by atoms with van der Waals surface area (Å²) >= 11 is 0. The predicted octanol–water partition coefficient (Wildman–Crippen LogP) is 3.89. The first kappa shape index (κ1) is 14.4. The molecule has 2 heteroatoms. The summed E-state index contributed by atoms with van der Waals surface area (Å²) in [4.78, 5) is 13.9. The van der Waals surface area contributed by atoms with Gasteiger partial charge >= 0.3 is 0 Å². The number of H-pyrrole nitrogens is 1. The lowest BCUT2D eigenvalue weighted by Crippen LogP contribution is -2.03. The van der Waals surface area contributed by atoms with E-state index in [1.54, 1.807) is 6.20 Å². The average molecular weight is 219 g/mol. The van der Waals surface area contributed by atoms with Gasteiger partial charge in [0.15, 0.2) is 0 Å². The fraction of sp³-hybridized carbons (Fsp3) is 0.357. The van der Waals surface area contributed by atoms with Crippen molar-refractivity contribution in [2.24, 2.45) is 0 Å². The van der Waals surface area contributed by atoms with E-state index >= 15 is 0 Å². The third kappa shape index (κ3) is 3.54. The molecular formula is C14H21NO. The molecule has 0 atom stereocenters. The maximum absolute atomic E-state index is 11.3. The van der Waals surface area contributed by atoms with Crippen molar-refractivity contribution in [1.29, 1.82) is 0 Å². The molecule has 2 aromatic rings. The lowest BCUT2D eigenvalue weighted by Gasteiger charge is -1.96. The maximum atomic E-state index is 11.3. The van der Waals surface area contributed by atoms with Crippen molar-refractivity contribution in [3.63, 3.8) is 0 Å². The molecule has 0 saturated heterocycles. The highest BCUT2D eigenvalue weighted by molar-refractivity contribution is 5.81. The number of aromatic nitrogens is 1. The van der Waals surface area contributed by atoms with Crippen molar-refractivity contribution >= 4 is 10.8 Å².